The average molecular weight is 297 g/mol. The summed E-state index contributed by atoms with van der Waals surface area (Å²) in [6.45, 7) is 12.7. The normalized spacial score (nSPS) is 25.8. The second-order valence-electron chi connectivity index (χ2n) is 7.27. The molecule has 1 saturated carbocycles. The van der Waals surface area contributed by atoms with Crippen LogP contribution in [0.3, 0.4) is 0 Å². The van der Waals surface area contributed by atoms with E-state index in [4.69, 9.17) is 0 Å². The Morgan fingerprint density at radius 1 is 1.19 bits per heavy atom. The Kier molecular flexibility index (Phi) is 5.28. The molecule has 0 aromatic heterocycles. The van der Waals surface area contributed by atoms with Gasteiger partial charge in [-0.1, -0.05) is 0 Å². The molecular formula is C16H31N3O2. The Labute approximate surface area is 128 Å². The number of carboxylic acid groups (broad SMARTS) is 1. The monoisotopic (exact) mass is 297 g/mol. The molecule has 5 heteroatoms. The number of piperazine rings is 1. The van der Waals surface area contributed by atoms with Gasteiger partial charge in [-0.15, -0.1) is 0 Å². The van der Waals surface area contributed by atoms with E-state index in [0.717, 1.165) is 39.0 Å². The highest BCUT2D eigenvalue weighted by molar-refractivity contribution is 5.78. The van der Waals surface area contributed by atoms with Crippen molar-refractivity contribution < 1.29 is 9.90 Å². The molecule has 0 radical (unpaired) electrons. The molecule has 2 atom stereocenters. The van der Waals surface area contributed by atoms with Crippen LogP contribution in [-0.2, 0) is 4.79 Å². The number of carbonyl (C=O) groups is 1. The van der Waals surface area contributed by atoms with Crippen LogP contribution >= 0.6 is 0 Å². The van der Waals surface area contributed by atoms with Crippen LogP contribution in [0.15, 0.2) is 0 Å². The second kappa shape index (κ2) is 6.63. The molecule has 0 aromatic rings. The van der Waals surface area contributed by atoms with E-state index in [9.17, 15) is 9.90 Å². The lowest BCUT2D eigenvalue weighted by molar-refractivity contribution is -0.145. The van der Waals surface area contributed by atoms with E-state index in [2.05, 4.69) is 35.9 Å². The van der Waals surface area contributed by atoms with E-state index in [-0.39, 0.29) is 0 Å². The molecule has 1 aliphatic carbocycles. The average Bonchev–Trinajstić information content (AvgIpc) is 3.22. The minimum atomic E-state index is -0.796. The van der Waals surface area contributed by atoms with Gasteiger partial charge in [0.25, 0.3) is 0 Å². The SMILES string of the molecule is CC(C)N1CCN(C(C)CC(C)(NC2CC2)C(=O)O)CC1. The van der Waals surface area contributed by atoms with E-state index in [1.807, 2.05) is 6.92 Å². The number of nitrogens with zero attached hydrogens (tertiary/aromatic N) is 2. The van der Waals surface area contributed by atoms with Gasteiger partial charge in [0, 0.05) is 44.3 Å². The van der Waals surface area contributed by atoms with Gasteiger partial charge in [0.2, 0.25) is 0 Å². The maximum absolute atomic E-state index is 11.7. The zero-order valence-corrected chi connectivity index (χ0v) is 13.9. The van der Waals surface area contributed by atoms with E-state index in [0.29, 0.717) is 24.5 Å². The number of aliphatic carboxylic acids is 1. The lowest BCUT2D eigenvalue weighted by atomic mass is 9.92. The highest BCUT2D eigenvalue weighted by Crippen LogP contribution is 2.26. The molecule has 2 fully saturated rings. The van der Waals surface area contributed by atoms with Gasteiger partial charge >= 0.3 is 5.97 Å². The lowest BCUT2D eigenvalue weighted by Crippen LogP contribution is -2.57. The van der Waals surface area contributed by atoms with Gasteiger partial charge in [-0.05, 0) is 47.0 Å². The fourth-order valence-electron chi connectivity index (χ4n) is 3.30. The van der Waals surface area contributed by atoms with Crippen LogP contribution in [0.2, 0.25) is 0 Å². The van der Waals surface area contributed by atoms with Crippen molar-refractivity contribution in [2.24, 2.45) is 0 Å². The molecule has 1 heterocycles. The van der Waals surface area contributed by atoms with Crippen molar-refractivity contribution >= 4 is 5.97 Å². The Hall–Kier alpha value is -0.650. The quantitative estimate of drug-likeness (QED) is 0.744. The molecule has 21 heavy (non-hydrogen) atoms. The molecule has 0 amide bonds. The van der Waals surface area contributed by atoms with E-state index >= 15 is 0 Å². The van der Waals surface area contributed by atoms with Gasteiger partial charge in [-0.2, -0.15) is 0 Å². The van der Waals surface area contributed by atoms with Gasteiger partial charge in [0.1, 0.15) is 5.54 Å². The first-order chi connectivity index (χ1) is 9.82. The summed E-state index contributed by atoms with van der Waals surface area (Å²) in [5, 5.41) is 12.9. The fourth-order valence-corrected chi connectivity index (χ4v) is 3.30. The van der Waals surface area contributed by atoms with Crippen LogP contribution in [0.5, 0.6) is 0 Å². The van der Waals surface area contributed by atoms with Gasteiger partial charge in [0.15, 0.2) is 0 Å². The molecule has 0 spiro atoms. The third kappa shape index (κ3) is 4.41. The Bertz CT molecular complexity index is 363. The van der Waals surface area contributed by atoms with Crippen molar-refractivity contribution in [3.8, 4) is 0 Å². The van der Waals surface area contributed by atoms with Crippen molar-refractivity contribution in [1.29, 1.82) is 0 Å². The third-order valence-electron chi connectivity index (χ3n) is 4.98. The lowest BCUT2D eigenvalue weighted by Gasteiger charge is -2.41. The molecule has 1 aliphatic heterocycles. The van der Waals surface area contributed by atoms with Crippen LogP contribution in [0.25, 0.3) is 0 Å². The minimum absolute atomic E-state index is 0.298. The summed E-state index contributed by atoms with van der Waals surface area (Å²) in [6.07, 6.45) is 2.90. The van der Waals surface area contributed by atoms with E-state index < -0.39 is 11.5 Å². The van der Waals surface area contributed by atoms with Gasteiger partial charge < -0.3 is 5.11 Å². The summed E-state index contributed by atoms with van der Waals surface area (Å²) in [5.41, 5.74) is -0.796. The molecule has 2 unspecified atom stereocenters. The Morgan fingerprint density at radius 3 is 2.14 bits per heavy atom. The van der Waals surface area contributed by atoms with Crippen LogP contribution in [0.4, 0.5) is 0 Å². The standard InChI is InChI=1S/C16H31N3O2/c1-12(2)18-7-9-19(10-8-18)13(3)11-16(4,15(20)21)17-14-5-6-14/h12-14,17H,5-11H2,1-4H3,(H,20,21). The topological polar surface area (TPSA) is 55.8 Å². The predicted molar refractivity (Wildman–Crippen MR) is 84.6 cm³/mol. The molecule has 122 valence electrons. The maximum atomic E-state index is 11.7. The molecule has 0 aromatic carbocycles. The fraction of sp³-hybridized carbons (Fsp3) is 0.938. The van der Waals surface area contributed by atoms with Gasteiger partial charge in [0.05, 0.1) is 0 Å². The number of hydrogen-bond acceptors (Lipinski definition) is 4. The molecule has 2 rings (SSSR count). The first kappa shape index (κ1) is 16.7. The van der Waals surface area contributed by atoms with E-state index in [1.165, 1.54) is 0 Å². The Morgan fingerprint density at radius 2 is 1.71 bits per heavy atom. The minimum Gasteiger partial charge on any atom is -0.480 e. The summed E-state index contributed by atoms with van der Waals surface area (Å²) in [6, 6.07) is 1.31. The summed E-state index contributed by atoms with van der Waals surface area (Å²) in [4.78, 5) is 16.6. The van der Waals surface area contributed by atoms with E-state index in [1.54, 1.807) is 0 Å². The molecular weight excluding hydrogens is 266 g/mol. The van der Waals surface area contributed by atoms with Crippen molar-refractivity contribution in [2.75, 3.05) is 26.2 Å². The smallest absolute Gasteiger partial charge is 0.323 e. The second-order valence-corrected chi connectivity index (χ2v) is 7.27. The van der Waals surface area contributed by atoms with Crippen LogP contribution in [0.1, 0.15) is 47.0 Å². The van der Waals surface area contributed by atoms with Crippen molar-refractivity contribution in [1.82, 2.24) is 15.1 Å². The number of carboxylic acids is 1. The third-order valence-corrected chi connectivity index (χ3v) is 4.98. The maximum Gasteiger partial charge on any atom is 0.323 e. The number of nitrogens with one attached hydrogen (secondary N) is 1. The van der Waals surface area contributed by atoms with Crippen molar-refractivity contribution in [3.63, 3.8) is 0 Å². The predicted octanol–water partition coefficient (Wildman–Crippen LogP) is 1.39. The number of rotatable bonds is 7. The highest BCUT2D eigenvalue weighted by Gasteiger charge is 2.40. The Balaban J connectivity index is 1.87. The van der Waals surface area contributed by atoms with Gasteiger partial charge in [-0.3, -0.25) is 19.9 Å². The molecule has 5 nitrogen and oxygen atoms in total. The summed E-state index contributed by atoms with van der Waals surface area (Å²) >= 11 is 0. The zero-order chi connectivity index (χ0) is 15.6. The molecule has 2 aliphatic rings. The summed E-state index contributed by atoms with van der Waals surface area (Å²) in [7, 11) is 0. The van der Waals surface area contributed by atoms with Gasteiger partial charge in [-0.25, -0.2) is 0 Å². The largest absolute Gasteiger partial charge is 0.480 e. The number of hydrogen-bond donors (Lipinski definition) is 2. The highest BCUT2D eigenvalue weighted by atomic mass is 16.4. The zero-order valence-electron chi connectivity index (χ0n) is 13.9. The van der Waals surface area contributed by atoms with Crippen LogP contribution in [-0.4, -0.2) is 70.7 Å². The first-order valence-electron chi connectivity index (χ1n) is 8.31. The summed E-state index contributed by atoms with van der Waals surface area (Å²) < 4.78 is 0. The molecule has 0 bridgehead atoms. The molecule has 2 N–H and O–H groups in total. The first-order valence-corrected chi connectivity index (χ1v) is 8.31. The molecule has 1 saturated heterocycles. The van der Waals surface area contributed by atoms with Crippen LogP contribution < -0.4 is 5.32 Å². The summed E-state index contributed by atoms with van der Waals surface area (Å²) in [5.74, 6) is -0.720. The van der Waals surface area contributed by atoms with Crippen molar-refractivity contribution in [2.45, 2.75) is 70.6 Å². The van der Waals surface area contributed by atoms with Crippen molar-refractivity contribution in [3.05, 3.63) is 0 Å². The van der Waals surface area contributed by atoms with Crippen LogP contribution in [0, 0.1) is 0 Å².